The quantitative estimate of drug-likeness (QED) is 0.821. The van der Waals surface area contributed by atoms with Gasteiger partial charge in [-0.15, -0.1) is 5.10 Å². The highest BCUT2D eigenvalue weighted by Crippen LogP contribution is 2.21. The molecule has 0 radical (unpaired) electrons. The topological polar surface area (TPSA) is 63.0 Å². The Morgan fingerprint density at radius 1 is 1.32 bits per heavy atom. The van der Waals surface area contributed by atoms with Crippen molar-refractivity contribution in [2.24, 2.45) is 0 Å². The average molecular weight is 260 g/mol. The highest BCUT2D eigenvalue weighted by Gasteiger charge is 2.24. The number of aromatic nitrogens is 3. The molecule has 1 atom stereocenters. The van der Waals surface area contributed by atoms with Gasteiger partial charge in [-0.05, 0) is 19.0 Å². The molecule has 2 rings (SSSR count). The molecule has 0 spiro atoms. The van der Waals surface area contributed by atoms with Crippen molar-refractivity contribution in [3.8, 4) is 0 Å². The maximum Gasteiger partial charge on any atom is 0.106 e. The van der Waals surface area contributed by atoms with Crippen molar-refractivity contribution in [1.29, 1.82) is 0 Å². The molecule has 0 aliphatic carbocycles. The van der Waals surface area contributed by atoms with Gasteiger partial charge in [-0.25, -0.2) is 4.68 Å². The van der Waals surface area contributed by atoms with E-state index in [9.17, 15) is 5.11 Å². The summed E-state index contributed by atoms with van der Waals surface area (Å²) in [6.45, 7) is 5.81. The van der Waals surface area contributed by atoms with Gasteiger partial charge >= 0.3 is 0 Å². The third-order valence-corrected chi connectivity index (χ3v) is 3.01. The van der Waals surface area contributed by atoms with E-state index in [1.54, 1.807) is 11.6 Å². The van der Waals surface area contributed by atoms with E-state index >= 15 is 0 Å². The van der Waals surface area contributed by atoms with Crippen LogP contribution in [0.1, 0.15) is 25.1 Å². The molecular formula is C14H20N4O. The highest BCUT2D eigenvalue weighted by molar-refractivity contribution is 5.21. The van der Waals surface area contributed by atoms with Gasteiger partial charge < -0.3 is 10.4 Å². The fraction of sp³-hybridized carbons (Fsp3) is 0.429. The summed E-state index contributed by atoms with van der Waals surface area (Å²) in [5, 5.41) is 21.8. The first-order chi connectivity index (χ1) is 9.12. The molecule has 0 aliphatic heterocycles. The van der Waals surface area contributed by atoms with Crippen LogP contribution < -0.4 is 5.32 Å². The second-order valence-electron chi connectivity index (χ2n) is 4.83. The number of hydrogen-bond acceptors (Lipinski definition) is 4. The summed E-state index contributed by atoms with van der Waals surface area (Å²) in [6, 6.07) is 9.60. The molecule has 19 heavy (non-hydrogen) atoms. The lowest BCUT2D eigenvalue weighted by molar-refractivity contribution is 0.0341. The van der Waals surface area contributed by atoms with Crippen molar-refractivity contribution in [2.45, 2.75) is 32.5 Å². The van der Waals surface area contributed by atoms with Crippen LogP contribution in [0.2, 0.25) is 0 Å². The molecule has 0 fully saturated rings. The van der Waals surface area contributed by atoms with E-state index in [0.717, 1.165) is 17.8 Å². The highest BCUT2D eigenvalue weighted by atomic mass is 16.3. The summed E-state index contributed by atoms with van der Waals surface area (Å²) in [6.07, 6.45) is 1.86. The van der Waals surface area contributed by atoms with E-state index in [1.807, 2.05) is 43.5 Å². The molecule has 0 bridgehead atoms. The van der Waals surface area contributed by atoms with Gasteiger partial charge in [0.1, 0.15) is 5.60 Å². The van der Waals surface area contributed by atoms with Gasteiger partial charge in [-0.2, -0.15) is 0 Å². The van der Waals surface area contributed by atoms with Crippen molar-refractivity contribution in [2.75, 3.05) is 6.54 Å². The zero-order chi connectivity index (χ0) is 13.7. The zero-order valence-electron chi connectivity index (χ0n) is 11.4. The summed E-state index contributed by atoms with van der Waals surface area (Å²) >= 11 is 0. The minimum absolute atomic E-state index is 0.385. The molecule has 2 N–H and O–H groups in total. The minimum atomic E-state index is -0.954. The third kappa shape index (κ3) is 3.62. The standard InChI is InChI=1S/C14H20N4O/c1-3-15-9-13-10-18(17-16-13)11-14(2,19)12-7-5-4-6-8-12/h4-8,10,15,19H,3,9,11H2,1-2H3. The summed E-state index contributed by atoms with van der Waals surface area (Å²) in [4.78, 5) is 0. The van der Waals surface area contributed by atoms with Gasteiger partial charge in [0, 0.05) is 12.7 Å². The number of nitrogens with one attached hydrogen (secondary N) is 1. The molecule has 1 unspecified atom stereocenters. The van der Waals surface area contributed by atoms with Gasteiger partial charge in [0.15, 0.2) is 0 Å². The molecule has 1 heterocycles. The summed E-state index contributed by atoms with van der Waals surface area (Å²) in [5.74, 6) is 0. The first-order valence-electron chi connectivity index (χ1n) is 6.49. The van der Waals surface area contributed by atoms with Crippen LogP contribution in [0.3, 0.4) is 0 Å². The smallest absolute Gasteiger partial charge is 0.106 e. The maximum atomic E-state index is 10.5. The van der Waals surface area contributed by atoms with Gasteiger partial charge in [0.25, 0.3) is 0 Å². The van der Waals surface area contributed by atoms with Crippen LogP contribution >= 0.6 is 0 Å². The minimum Gasteiger partial charge on any atom is -0.384 e. The summed E-state index contributed by atoms with van der Waals surface area (Å²) < 4.78 is 1.68. The molecule has 0 saturated carbocycles. The van der Waals surface area contributed by atoms with Gasteiger partial charge in [-0.3, -0.25) is 0 Å². The van der Waals surface area contributed by atoms with Crippen LogP contribution in [0.5, 0.6) is 0 Å². The average Bonchev–Trinajstić information content (AvgIpc) is 2.84. The lowest BCUT2D eigenvalue weighted by Crippen LogP contribution is -2.28. The second-order valence-corrected chi connectivity index (χ2v) is 4.83. The Kier molecular flexibility index (Phi) is 4.29. The van der Waals surface area contributed by atoms with Crippen LogP contribution in [-0.4, -0.2) is 26.6 Å². The zero-order valence-corrected chi connectivity index (χ0v) is 11.4. The van der Waals surface area contributed by atoms with Crippen LogP contribution in [0.25, 0.3) is 0 Å². The summed E-state index contributed by atoms with van der Waals surface area (Å²) in [7, 11) is 0. The van der Waals surface area contributed by atoms with Gasteiger partial charge in [0.05, 0.1) is 12.2 Å². The van der Waals surface area contributed by atoms with E-state index in [-0.39, 0.29) is 0 Å². The Labute approximate surface area is 113 Å². The fourth-order valence-corrected chi connectivity index (χ4v) is 1.95. The lowest BCUT2D eigenvalue weighted by atomic mass is 9.96. The summed E-state index contributed by atoms with van der Waals surface area (Å²) in [5.41, 5.74) is 0.800. The molecule has 5 heteroatoms. The predicted octanol–water partition coefficient (Wildman–Crippen LogP) is 1.30. The van der Waals surface area contributed by atoms with E-state index in [1.165, 1.54) is 0 Å². The molecule has 2 aromatic rings. The van der Waals surface area contributed by atoms with Crippen molar-refractivity contribution >= 4 is 0 Å². The van der Waals surface area contributed by atoms with Crippen molar-refractivity contribution in [3.05, 3.63) is 47.8 Å². The van der Waals surface area contributed by atoms with Crippen molar-refractivity contribution < 1.29 is 5.11 Å². The Morgan fingerprint density at radius 3 is 2.74 bits per heavy atom. The second kappa shape index (κ2) is 5.95. The number of aliphatic hydroxyl groups is 1. The first kappa shape index (κ1) is 13.7. The number of rotatable bonds is 6. The molecule has 5 nitrogen and oxygen atoms in total. The molecule has 1 aromatic carbocycles. The Bertz CT molecular complexity index is 507. The van der Waals surface area contributed by atoms with Crippen molar-refractivity contribution in [1.82, 2.24) is 20.3 Å². The molecular weight excluding hydrogens is 240 g/mol. The Hall–Kier alpha value is -1.72. The van der Waals surface area contributed by atoms with Gasteiger partial charge in [0.2, 0.25) is 0 Å². The lowest BCUT2D eigenvalue weighted by Gasteiger charge is -2.23. The Morgan fingerprint density at radius 2 is 2.05 bits per heavy atom. The fourth-order valence-electron chi connectivity index (χ4n) is 1.95. The van der Waals surface area contributed by atoms with Crippen LogP contribution in [0, 0.1) is 0 Å². The van der Waals surface area contributed by atoms with Crippen LogP contribution in [0.4, 0.5) is 0 Å². The molecule has 0 saturated heterocycles. The molecule has 0 amide bonds. The largest absolute Gasteiger partial charge is 0.384 e. The van der Waals surface area contributed by atoms with Crippen molar-refractivity contribution in [3.63, 3.8) is 0 Å². The van der Waals surface area contributed by atoms with Crippen LogP contribution in [0.15, 0.2) is 36.5 Å². The SMILES string of the molecule is CCNCc1cn(CC(C)(O)c2ccccc2)nn1. The molecule has 0 aliphatic rings. The van der Waals surface area contributed by atoms with E-state index < -0.39 is 5.60 Å². The van der Waals surface area contributed by atoms with E-state index in [2.05, 4.69) is 15.6 Å². The molecule has 1 aromatic heterocycles. The predicted molar refractivity (Wildman–Crippen MR) is 73.4 cm³/mol. The maximum absolute atomic E-state index is 10.5. The Balaban J connectivity index is 2.05. The number of nitrogens with zero attached hydrogens (tertiary/aromatic N) is 3. The third-order valence-electron chi connectivity index (χ3n) is 3.01. The van der Waals surface area contributed by atoms with E-state index in [0.29, 0.717) is 13.1 Å². The first-order valence-corrected chi connectivity index (χ1v) is 6.49. The van der Waals surface area contributed by atoms with E-state index in [4.69, 9.17) is 0 Å². The number of hydrogen-bond donors (Lipinski definition) is 2. The normalized spacial score (nSPS) is 14.3. The van der Waals surface area contributed by atoms with Gasteiger partial charge in [-0.1, -0.05) is 42.5 Å². The molecule has 102 valence electrons. The van der Waals surface area contributed by atoms with Crippen LogP contribution in [-0.2, 0) is 18.7 Å². The number of benzene rings is 1. The monoisotopic (exact) mass is 260 g/mol.